The van der Waals surface area contributed by atoms with Gasteiger partial charge in [0, 0.05) is 11.3 Å². The molecule has 1 aromatic heterocycles. The Labute approximate surface area is 122 Å². The number of amides is 1. The molecule has 1 heterocycles. The van der Waals surface area contributed by atoms with Crippen molar-refractivity contribution in [1.29, 1.82) is 0 Å². The zero-order valence-corrected chi connectivity index (χ0v) is 12.0. The van der Waals surface area contributed by atoms with Crippen molar-refractivity contribution in [2.45, 2.75) is 13.8 Å². The Morgan fingerprint density at radius 3 is 2.40 bits per heavy atom. The van der Waals surface area contributed by atoms with Crippen LogP contribution < -0.4 is 16.6 Å². The van der Waals surface area contributed by atoms with E-state index in [0.717, 1.165) is 16.8 Å². The number of nitrogens with two attached hydrogens (primary N) is 1. The van der Waals surface area contributed by atoms with Crippen LogP contribution in [0.3, 0.4) is 0 Å². The van der Waals surface area contributed by atoms with Crippen molar-refractivity contribution in [3.8, 4) is 0 Å². The zero-order chi connectivity index (χ0) is 14.7. The van der Waals surface area contributed by atoms with Gasteiger partial charge >= 0.3 is 0 Å². The molecule has 1 aromatic carbocycles. The third-order valence-corrected chi connectivity index (χ3v) is 2.88. The topological polar surface area (TPSA) is 80.0 Å². The maximum atomic E-state index is 12.2. The molecule has 0 bridgehead atoms. The van der Waals surface area contributed by atoms with Crippen LogP contribution in [0.1, 0.15) is 21.5 Å². The SMILES string of the molecule is Cc1cc(C)cc(NC(=O)c2cc(Cl)nc(NN)c2)c1. The molecule has 1 amide bonds. The lowest BCUT2D eigenvalue weighted by Crippen LogP contribution is -2.14. The summed E-state index contributed by atoms with van der Waals surface area (Å²) in [5.41, 5.74) is 5.66. The quantitative estimate of drug-likeness (QED) is 0.461. The second-order valence-corrected chi connectivity index (χ2v) is 4.93. The number of aryl methyl sites for hydroxylation is 2. The Morgan fingerprint density at radius 1 is 1.15 bits per heavy atom. The molecule has 0 saturated carbocycles. The van der Waals surface area contributed by atoms with Gasteiger partial charge in [-0.2, -0.15) is 0 Å². The number of nitrogens with one attached hydrogen (secondary N) is 2. The molecule has 104 valence electrons. The average molecular weight is 291 g/mol. The van der Waals surface area contributed by atoms with Gasteiger partial charge in [0.05, 0.1) is 0 Å². The van der Waals surface area contributed by atoms with Crippen LogP contribution in [-0.2, 0) is 0 Å². The van der Waals surface area contributed by atoms with E-state index in [9.17, 15) is 4.79 Å². The number of carbonyl (C=O) groups is 1. The van der Waals surface area contributed by atoms with Gasteiger partial charge in [0.1, 0.15) is 11.0 Å². The summed E-state index contributed by atoms with van der Waals surface area (Å²) in [5, 5.41) is 3.02. The Balaban J connectivity index is 2.25. The molecule has 2 rings (SSSR count). The fourth-order valence-electron chi connectivity index (χ4n) is 1.95. The number of hydrogen-bond acceptors (Lipinski definition) is 4. The summed E-state index contributed by atoms with van der Waals surface area (Å²) in [6.45, 7) is 3.95. The molecule has 0 spiro atoms. The first-order valence-electron chi connectivity index (χ1n) is 6.02. The summed E-state index contributed by atoms with van der Waals surface area (Å²) in [7, 11) is 0. The number of anilines is 2. The van der Waals surface area contributed by atoms with E-state index in [1.54, 1.807) is 0 Å². The normalized spacial score (nSPS) is 10.2. The molecule has 0 radical (unpaired) electrons. The largest absolute Gasteiger partial charge is 0.322 e. The molecule has 4 N–H and O–H groups in total. The van der Waals surface area contributed by atoms with Crippen LogP contribution in [0.2, 0.25) is 5.15 Å². The van der Waals surface area contributed by atoms with Crippen LogP contribution in [0.25, 0.3) is 0 Å². The van der Waals surface area contributed by atoms with Crippen LogP contribution in [0, 0.1) is 13.8 Å². The summed E-state index contributed by atoms with van der Waals surface area (Å²) >= 11 is 5.84. The van der Waals surface area contributed by atoms with Crippen LogP contribution in [0.15, 0.2) is 30.3 Å². The molecule has 0 saturated heterocycles. The van der Waals surface area contributed by atoms with E-state index in [2.05, 4.69) is 15.7 Å². The van der Waals surface area contributed by atoms with E-state index >= 15 is 0 Å². The molecule has 6 heteroatoms. The van der Waals surface area contributed by atoms with Gasteiger partial charge in [0.2, 0.25) is 0 Å². The summed E-state index contributed by atoms with van der Waals surface area (Å²) in [4.78, 5) is 16.1. The molecule has 0 unspecified atom stereocenters. The van der Waals surface area contributed by atoms with E-state index in [1.165, 1.54) is 12.1 Å². The Hall–Kier alpha value is -2.11. The van der Waals surface area contributed by atoms with Gasteiger partial charge in [0.15, 0.2) is 0 Å². The molecule has 0 fully saturated rings. The first-order chi connectivity index (χ1) is 9.47. The van der Waals surface area contributed by atoms with Gasteiger partial charge in [-0.15, -0.1) is 0 Å². The molecular weight excluding hydrogens is 276 g/mol. The van der Waals surface area contributed by atoms with Gasteiger partial charge in [-0.3, -0.25) is 4.79 Å². The summed E-state index contributed by atoms with van der Waals surface area (Å²) in [5.74, 6) is 5.35. The lowest BCUT2D eigenvalue weighted by Gasteiger charge is -2.09. The first-order valence-corrected chi connectivity index (χ1v) is 6.39. The third kappa shape index (κ3) is 3.46. The molecule has 0 aliphatic heterocycles. The zero-order valence-electron chi connectivity index (χ0n) is 11.2. The van der Waals surface area contributed by atoms with Gasteiger partial charge in [-0.25, -0.2) is 10.8 Å². The second-order valence-electron chi connectivity index (χ2n) is 4.54. The monoisotopic (exact) mass is 290 g/mol. The fraction of sp³-hybridized carbons (Fsp3) is 0.143. The average Bonchev–Trinajstić information content (AvgIpc) is 2.36. The van der Waals surface area contributed by atoms with Crippen molar-refractivity contribution >= 4 is 29.0 Å². The first kappa shape index (κ1) is 14.3. The third-order valence-electron chi connectivity index (χ3n) is 2.68. The van der Waals surface area contributed by atoms with Gasteiger partial charge in [-0.1, -0.05) is 17.7 Å². The minimum atomic E-state index is -0.268. The number of nitrogens with zero attached hydrogens (tertiary/aromatic N) is 1. The lowest BCUT2D eigenvalue weighted by molar-refractivity contribution is 0.102. The number of halogens is 1. The lowest BCUT2D eigenvalue weighted by atomic mass is 10.1. The van der Waals surface area contributed by atoms with Crippen molar-refractivity contribution in [2.75, 3.05) is 10.7 Å². The summed E-state index contributed by atoms with van der Waals surface area (Å²) < 4.78 is 0. The summed E-state index contributed by atoms with van der Waals surface area (Å²) in [6, 6.07) is 8.85. The van der Waals surface area contributed by atoms with Gasteiger partial charge in [0.25, 0.3) is 5.91 Å². The van der Waals surface area contributed by atoms with Crippen molar-refractivity contribution in [2.24, 2.45) is 5.84 Å². The second kappa shape index (κ2) is 5.90. The Kier molecular flexibility index (Phi) is 4.22. The maximum Gasteiger partial charge on any atom is 0.255 e. The predicted octanol–water partition coefficient (Wildman–Crippen LogP) is 2.89. The number of hydrazine groups is 1. The highest BCUT2D eigenvalue weighted by atomic mass is 35.5. The van der Waals surface area contributed by atoms with Crippen LogP contribution >= 0.6 is 11.6 Å². The fourth-order valence-corrected chi connectivity index (χ4v) is 2.16. The predicted molar refractivity (Wildman–Crippen MR) is 80.9 cm³/mol. The highest BCUT2D eigenvalue weighted by molar-refractivity contribution is 6.30. The molecule has 2 aromatic rings. The van der Waals surface area contributed by atoms with Crippen molar-refractivity contribution in [1.82, 2.24) is 4.98 Å². The Bertz CT molecular complexity index is 637. The Morgan fingerprint density at radius 2 is 1.80 bits per heavy atom. The molecule has 0 aliphatic carbocycles. The molecular formula is C14H15ClN4O. The van der Waals surface area contributed by atoms with Crippen LogP contribution in [0.5, 0.6) is 0 Å². The number of pyridine rings is 1. The number of aromatic nitrogens is 1. The number of carbonyl (C=O) groups excluding carboxylic acids is 1. The standard InChI is InChI=1S/C14H15ClN4O/c1-8-3-9(2)5-11(4-8)17-14(20)10-6-12(15)18-13(7-10)19-16/h3-7H,16H2,1-2H3,(H,17,20)(H,18,19). The highest BCUT2D eigenvalue weighted by Gasteiger charge is 2.10. The van der Waals surface area contributed by atoms with Crippen molar-refractivity contribution in [3.63, 3.8) is 0 Å². The summed E-state index contributed by atoms with van der Waals surface area (Å²) in [6.07, 6.45) is 0. The van der Waals surface area contributed by atoms with Crippen molar-refractivity contribution in [3.05, 3.63) is 52.2 Å². The van der Waals surface area contributed by atoms with Crippen LogP contribution in [-0.4, -0.2) is 10.9 Å². The van der Waals surface area contributed by atoms with Crippen LogP contribution in [0.4, 0.5) is 11.5 Å². The number of benzene rings is 1. The maximum absolute atomic E-state index is 12.2. The highest BCUT2D eigenvalue weighted by Crippen LogP contribution is 2.18. The van der Waals surface area contributed by atoms with E-state index in [4.69, 9.17) is 17.4 Å². The van der Waals surface area contributed by atoms with E-state index in [-0.39, 0.29) is 11.1 Å². The van der Waals surface area contributed by atoms with Gasteiger partial charge in [-0.05, 0) is 49.2 Å². The van der Waals surface area contributed by atoms with E-state index < -0.39 is 0 Å². The number of rotatable bonds is 3. The molecule has 0 atom stereocenters. The number of nitrogen functional groups attached to an aromatic ring is 1. The molecule has 0 aliphatic rings. The van der Waals surface area contributed by atoms with E-state index in [1.807, 2.05) is 32.0 Å². The van der Waals surface area contributed by atoms with E-state index in [0.29, 0.717) is 11.4 Å². The number of hydrogen-bond donors (Lipinski definition) is 3. The van der Waals surface area contributed by atoms with Gasteiger partial charge < -0.3 is 10.7 Å². The minimum Gasteiger partial charge on any atom is -0.322 e. The molecule has 20 heavy (non-hydrogen) atoms. The van der Waals surface area contributed by atoms with Crippen molar-refractivity contribution < 1.29 is 4.79 Å². The minimum absolute atomic E-state index is 0.200. The smallest absolute Gasteiger partial charge is 0.255 e. The molecule has 5 nitrogen and oxygen atoms in total.